The number of nitrogens with one attached hydrogen (secondary N) is 1. The van der Waals surface area contributed by atoms with Crippen molar-refractivity contribution in [3.8, 4) is 0 Å². The number of primary amides is 1. The first-order chi connectivity index (χ1) is 8.71. The molecule has 0 aromatic rings. The van der Waals surface area contributed by atoms with E-state index >= 15 is 0 Å². The summed E-state index contributed by atoms with van der Waals surface area (Å²) in [5.41, 5.74) is 4.96. The zero-order valence-corrected chi connectivity index (χ0v) is 11.8. The Bertz CT molecular complexity index is 386. The Morgan fingerprint density at radius 3 is 2.58 bits per heavy atom. The smallest absolute Gasteiger partial charge is 0.326 e. The average Bonchev–Trinajstić information content (AvgIpc) is 2.25. The van der Waals surface area contributed by atoms with Gasteiger partial charge in [0.2, 0.25) is 5.91 Å². The minimum Gasteiger partial charge on any atom is -0.480 e. The van der Waals surface area contributed by atoms with Gasteiger partial charge < -0.3 is 21.1 Å². The molecule has 8 heteroatoms. The number of carbonyl (C=O) groups excluding carboxylic acids is 2. The van der Waals surface area contributed by atoms with Crippen molar-refractivity contribution in [1.29, 1.82) is 0 Å². The summed E-state index contributed by atoms with van der Waals surface area (Å²) in [4.78, 5) is 35.2. The van der Waals surface area contributed by atoms with Crippen LogP contribution in [0.15, 0.2) is 0 Å². The number of rotatable bonds is 4. The van der Waals surface area contributed by atoms with E-state index in [1.807, 2.05) is 13.8 Å². The molecule has 1 heterocycles. The normalized spacial score (nSPS) is 19.6. The Kier molecular flexibility index (Phi) is 5.04. The van der Waals surface area contributed by atoms with Crippen LogP contribution in [0.2, 0.25) is 0 Å². The standard InChI is InChI=1S/C11H19N3O4S/c1-11(2)6-14(3-4-19-11)10(18)13-7(9(16)17)5-8(12)15/h7H,3-6H2,1-2H3,(H2,12,15)(H,13,18)(H,16,17). The predicted molar refractivity (Wildman–Crippen MR) is 71.9 cm³/mol. The van der Waals surface area contributed by atoms with E-state index in [0.717, 1.165) is 5.75 Å². The fourth-order valence-corrected chi connectivity index (χ4v) is 2.94. The van der Waals surface area contributed by atoms with Gasteiger partial charge in [-0.15, -0.1) is 0 Å². The van der Waals surface area contributed by atoms with Crippen molar-refractivity contribution in [1.82, 2.24) is 10.2 Å². The summed E-state index contributed by atoms with van der Waals surface area (Å²) in [6.07, 6.45) is -0.410. The van der Waals surface area contributed by atoms with E-state index in [4.69, 9.17) is 10.8 Å². The number of thioether (sulfide) groups is 1. The fraction of sp³-hybridized carbons (Fsp3) is 0.727. The lowest BCUT2D eigenvalue weighted by Crippen LogP contribution is -2.54. The van der Waals surface area contributed by atoms with Gasteiger partial charge in [-0.3, -0.25) is 4.79 Å². The molecular formula is C11H19N3O4S. The largest absolute Gasteiger partial charge is 0.480 e. The van der Waals surface area contributed by atoms with Crippen molar-refractivity contribution in [3.05, 3.63) is 0 Å². The average molecular weight is 289 g/mol. The molecule has 1 rings (SSSR count). The van der Waals surface area contributed by atoms with Crippen LogP contribution >= 0.6 is 11.8 Å². The SMILES string of the molecule is CC1(C)CN(C(=O)NC(CC(N)=O)C(=O)O)CCS1. The molecule has 7 nitrogen and oxygen atoms in total. The molecule has 4 N–H and O–H groups in total. The van der Waals surface area contributed by atoms with E-state index in [2.05, 4.69) is 5.32 Å². The number of urea groups is 1. The third kappa shape index (κ3) is 4.98. The molecular weight excluding hydrogens is 270 g/mol. The molecule has 0 bridgehead atoms. The number of hydrogen-bond donors (Lipinski definition) is 3. The summed E-state index contributed by atoms with van der Waals surface area (Å²) in [7, 11) is 0. The van der Waals surface area contributed by atoms with Crippen molar-refractivity contribution in [2.75, 3.05) is 18.8 Å². The maximum Gasteiger partial charge on any atom is 0.326 e. The third-order valence-corrected chi connectivity index (χ3v) is 4.01. The highest BCUT2D eigenvalue weighted by Gasteiger charge is 2.31. The number of nitrogens with two attached hydrogens (primary N) is 1. The highest BCUT2D eigenvalue weighted by Crippen LogP contribution is 2.29. The first-order valence-corrected chi connectivity index (χ1v) is 6.90. The molecule has 1 aliphatic heterocycles. The molecule has 19 heavy (non-hydrogen) atoms. The monoisotopic (exact) mass is 289 g/mol. The Hall–Kier alpha value is -1.44. The highest BCUT2D eigenvalue weighted by atomic mass is 32.2. The van der Waals surface area contributed by atoms with Crippen LogP contribution in [0.25, 0.3) is 0 Å². The lowest BCUT2D eigenvalue weighted by Gasteiger charge is -2.37. The summed E-state index contributed by atoms with van der Waals surface area (Å²) in [5.74, 6) is -1.23. The van der Waals surface area contributed by atoms with Gasteiger partial charge in [-0.25, -0.2) is 9.59 Å². The van der Waals surface area contributed by atoms with Crippen molar-refractivity contribution >= 4 is 29.7 Å². The van der Waals surface area contributed by atoms with Crippen molar-refractivity contribution in [2.45, 2.75) is 31.1 Å². The molecule has 0 aromatic carbocycles. The van der Waals surface area contributed by atoms with Gasteiger partial charge in [0.1, 0.15) is 6.04 Å². The van der Waals surface area contributed by atoms with Crippen LogP contribution in [0.5, 0.6) is 0 Å². The quantitative estimate of drug-likeness (QED) is 0.666. The van der Waals surface area contributed by atoms with Crippen LogP contribution in [0.4, 0.5) is 4.79 Å². The van der Waals surface area contributed by atoms with E-state index in [0.29, 0.717) is 13.1 Å². The number of hydrogen-bond acceptors (Lipinski definition) is 4. The minimum atomic E-state index is -1.28. The van der Waals surface area contributed by atoms with Crippen LogP contribution in [0, 0.1) is 0 Å². The zero-order valence-electron chi connectivity index (χ0n) is 11.0. The van der Waals surface area contributed by atoms with Gasteiger partial charge in [0.05, 0.1) is 6.42 Å². The van der Waals surface area contributed by atoms with Gasteiger partial charge in [0, 0.05) is 23.6 Å². The van der Waals surface area contributed by atoms with Crippen LogP contribution in [0.1, 0.15) is 20.3 Å². The van der Waals surface area contributed by atoms with Gasteiger partial charge in [-0.1, -0.05) is 0 Å². The Morgan fingerprint density at radius 1 is 1.47 bits per heavy atom. The van der Waals surface area contributed by atoms with E-state index in [-0.39, 0.29) is 4.75 Å². The van der Waals surface area contributed by atoms with Gasteiger partial charge in [0.25, 0.3) is 0 Å². The maximum atomic E-state index is 12.0. The molecule has 3 amide bonds. The molecule has 1 atom stereocenters. The second-order valence-electron chi connectivity index (χ2n) is 5.04. The number of carboxylic acid groups (broad SMARTS) is 1. The molecule has 0 spiro atoms. The molecule has 1 aliphatic rings. The summed E-state index contributed by atoms with van der Waals surface area (Å²) in [5, 5.41) is 11.3. The molecule has 0 aliphatic carbocycles. The summed E-state index contributed by atoms with van der Waals surface area (Å²) < 4.78 is -0.0575. The van der Waals surface area contributed by atoms with Gasteiger partial charge in [0.15, 0.2) is 0 Å². The second kappa shape index (κ2) is 6.14. The Balaban J connectivity index is 2.61. The summed E-state index contributed by atoms with van der Waals surface area (Å²) in [6.45, 7) is 5.14. The van der Waals surface area contributed by atoms with Gasteiger partial charge in [-0.2, -0.15) is 11.8 Å². The summed E-state index contributed by atoms with van der Waals surface area (Å²) in [6, 6.07) is -1.75. The molecule has 1 unspecified atom stereocenters. The first kappa shape index (κ1) is 15.6. The predicted octanol–water partition coefficient (Wildman–Crippen LogP) is -0.148. The molecule has 108 valence electrons. The highest BCUT2D eigenvalue weighted by molar-refractivity contribution is 8.00. The minimum absolute atomic E-state index is 0.0575. The molecule has 0 radical (unpaired) electrons. The number of nitrogens with zero attached hydrogens (tertiary/aromatic N) is 1. The fourth-order valence-electron chi connectivity index (χ4n) is 1.83. The molecule has 1 saturated heterocycles. The molecule has 1 fully saturated rings. The van der Waals surface area contributed by atoms with E-state index in [1.165, 1.54) is 0 Å². The second-order valence-corrected chi connectivity index (χ2v) is 6.84. The number of carbonyl (C=O) groups is 3. The number of amides is 3. The van der Waals surface area contributed by atoms with Crippen LogP contribution < -0.4 is 11.1 Å². The van der Waals surface area contributed by atoms with Crippen LogP contribution in [-0.2, 0) is 9.59 Å². The van der Waals surface area contributed by atoms with E-state index in [1.54, 1.807) is 16.7 Å². The third-order valence-electron chi connectivity index (χ3n) is 2.71. The summed E-state index contributed by atoms with van der Waals surface area (Å²) >= 11 is 1.77. The topological polar surface area (TPSA) is 113 Å². The van der Waals surface area contributed by atoms with Crippen LogP contribution in [-0.4, -0.2) is 57.5 Å². The molecule has 0 saturated carbocycles. The maximum absolute atomic E-state index is 12.0. The molecule has 0 aromatic heterocycles. The Morgan fingerprint density at radius 2 is 2.11 bits per heavy atom. The van der Waals surface area contributed by atoms with E-state index < -0.39 is 30.4 Å². The van der Waals surface area contributed by atoms with Crippen molar-refractivity contribution in [3.63, 3.8) is 0 Å². The lowest BCUT2D eigenvalue weighted by molar-refractivity contribution is -0.140. The first-order valence-electron chi connectivity index (χ1n) is 5.92. The van der Waals surface area contributed by atoms with Gasteiger partial charge in [-0.05, 0) is 13.8 Å². The van der Waals surface area contributed by atoms with Crippen molar-refractivity contribution in [2.24, 2.45) is 5.73 Å². The van der Waals surface area contributed by atoms with E-state index in [9.17, 15) is 14.4 Å². The number of carboxylic acids is 1. The zero-order chi connectivity index (χ0) is 14.6. The lowest BCUT2D eigenvalue weighted by atomic mass is 10.2. The number of aliphatic carboxylic acids is 1. The van der Waals surface area contributed by atoms with Crippen molar-refractivity contribution < 1.29 is 19.5 Å². The van der Waals surface area contributed by atoms with Gasteiger partial charge >= 0.3 is 12.0 Å². The Labute approximate surface area is 115 Å². The van der Waals surface area contributed by atoms with Crippen LogP contribution in [0.3, 0.4) is 0 Å².